The van der Waals surface area contributed by atoms with Gasteiger partial charge in [0.15, 0.2) is 0 Å². The van der Waals surface area contributed by atoms with E-state index >= 15 is 0 Å². The van der Waals surface area contributed by atoms with Crippen molar-refractivity contribution in [3.05, 3.63) is 0 Å². The van der Waals surface area contributed by atoms with Crippen molar-refractivity contribution in [1.82, 2.24) is 4.90 Å². The number of rotatable bonds is 6. The van der Waals surface area contributed by atoms with Crippen molar-refractivity contribution in [2.24, 2.45) is 11.1 Å². The van der Waals surface area contributed by atoms with Gasteiger partial charge in [-0.25, -0.2) is 0 Å². The lowest BCUT2D eigenvalue weighted by molar-refractivity contribution is -0.150. The third kappa shape index (κ3) is 4.00. The zero-order valence-corrected chi connectivity index (χ0v) is 11.4. The van der Waals surface area contributed by atoms with Crippen LogP contribution in [-0.2, 0) is 9.59 Å². The molecular formula is C12H24N2O3. The fourth-order valence-electron chi connectivity index (χ4n) is 1.36. The molecular weight excluding hydrogens is 220 g/mol. The highest BCUT2D eigenvalue weighted by Crippen LogP contribution is 2.30. The Kier molecular flexibility index (Phi) is 5.13. The van der Waals surface area contributed by atoms with Crippen LogP contribution in [0.5, 0.6) is 0 Å². The summed E-state index contributed by atoms with van der Waals surface area (Å²) in [7, 11) is 0. The Bertz CT molecular complexity index is 293. The minimum Gasteiger partial charge on any atom is -0.480 e. The number of carbonyl (C=O) groups is 2. The van der Waals surface area contributed by atoms with E-state index in [1.165, 1.54) is 4.90 Å². The number of aliphatic carboxylic acids is 1. The molecule has 5 nitrogen and oxygen atoms in total. The average molecular weight is 244 g/mol. The van der Waals surface area contributed by atoms with E-state index in [4.69, 9.17) is 10.8 Å². The zero-order valence-electron chi connectivity index (χ0n) is 11.4. The summed E-state index contributed by atoms with van der Waals surface area (Å²) in [5, 5.41) is 8.80. The van der Waals surface area contributed by atoms with Crippen LogP contribution >= 0.6 is 0 Å². The second kappa shape index (κ2) is 5.49. The molecule has 0 heterocycles. The van der Waals surface area contributed by atoms with E-state index in [2.05, 4.69) is 0 Å². The Labute approximate surface area is 103 Å². The summed E-state index contributed by atoms with van der Waals surface area (Å²) < 4.78 is 0. The summed E-state index contributed by atoms with van der Waals surface area (Å²) >= 11 is 0. The van der Waals surface area contributed by atoms with Crippen molar-refractivity contribution in [2.75, 3.05) is 13.1 Å². The molecule has 0 spiro atoms. The Morgan fingerprint density at radius 3 is 2.00 bits per heavy atom. The lowest BCUT2D eigenvalue weighted by Crippen LogP contribution is -2.57. The maximum absolute atomic E-state index is 12.3. The molecule has 0 aliphatic heterocycles. The Hall–Kier alpha value is -1.10. The summed E-state index contributed by atoms with van der Waals surface area (Å²) in [6.07, 6.45) is 0.722. The van der Waals surface area contributed by atoms with Gasteiger partial charge in [0, 0.05) is 12.1 Å². The van der Waals surface area contributed by atoms with Crippen LogP contribution in [0.2, 0.25) is 0 Å². The fourth-order valence-corrected chi connectivity index (χ4v) is 1.36. The monoisotopic (exact) mass is 244 g/mol. The first-order valence-corrected chi connectivity index (χ1v) is 5.84. The molecule has 0 rings (SSSR count). The Balaban J connectivity index is 5.01. The molecule has 5 heteroatoms. The second-order valence-corrected chi connectivity index (χ2v) is 5.47. The Morgan fingerprint density at radius 2 is 1.71 bits per heavy atom. The lowest BCUT2D eigenvalue weighted by Gasteiger charge is -2.40. The molecule has 17 heavy (non-hydrogen) atoms. The molecule has 0 aliphatic rings. The molecule has 100 valence electrons. The number of hydrogen-bond donors (Lipinski definition) is 2. The van der Waals surface area contributed by atoms with Crippen LogP contribution in [0.1, 0.15) is 41.0 Å². The highest BCUT2D eigenvalue weighted by atomic mass is 16.4. The molecule has 0 atom stereocenters. The van der Waals surface area contributed by atoms with Crippen LogP contribution in [0.4, 0.5) is 0 Å². The van der Waals surface area contributed by atoms with Crippen LogP contribution in [-0.4, -0.2) is 40.5 Å². The van der Waals surface area contributed by atoms with Crippen molar-refractivity contribution < 1.29 is 14.7 Å². The Morgan fingerprint density at radius 1 is 1.24 bits per heavy atom. The predicted molar refractivity (Wildman–Crippen MR) is 66.6 cm³/mol. The first-order chi connectivity index (χ1) is 7.54. The average Bonchev–Trinajstić information content (AvgIpc) is 2.13. The van der Waals surface area contributed by atoms with E-state index in [0.29, 0.717) is 6.54 Å². The van der Waals surface area contributed by atoms with Crippen LogP contribution in [0.15, 0.2) is 0 Å². The number of nitrogens with two attached hydrogens (primary N) is 1. The van der Waals surface area contributed by atoms with Gasteiger partial charge in [0.1, 0.15) is 6.54 Å². The number of carbonyl (C=O) groups excluding carboxylic acids is 1. The molecule has 1 amide bonds. The zero-order chi connectivity index (χ0) is 13.9. The minimum absolute atomic E-state index is 0.214. The third-order valence-corrected chi connectivity index (χ3v) is 3.25. The summed E-state index contributed by atoms with van der Waals surface area (Å²) in [5.74, 6) is -1.22. The topological polar surface area (TPSA) is 83.6 Å². The van der Waals surface area contributed by atoms with Crippen molar-refractivity contribution in [2.45, 2.75) is 46.6 Å². The normalized spacial score (nSPS) is 12.4. The fraction of sp³-hybridized carbons (Fsp3) is 0.833. The molecule has 0 aromatic rings. The van der Waals surface area contributed by atoms with Crippen molar-refractivity contribution in [1.29, 1.82) is 0 Å². The van der Waals surface area contributed by atoms with Gasteiger partial charge in [-0.05, 0) is 34.1 Å². The predicted octanol–water partition coefficient (Wildman–Crippen LogP) is 1.07. The molecule has 0 fully saturated rings. The smallest absolute Gasteiger partial charge is 0.323 e. The molecule has 0 saturated carbocycles. The number of nitrogens with zero attached hydrogens (tertiary/aromatic N) is 1. The van der Waals surface area contributed by atoms with Crippen LogP contribution < -0.4 is 5.73 Å². The molecule has 0 unspecified atom stereocenters. The van der Waals surface area contributed by atoms with Crippen LogP contribution in [0, 0.1) is 5.41 Å². The molecule has 0 aromatic carbocycles. The molecule has 3 N–H and O–H groups in total. The number of hydrogen-bond acceptors (Lipinski definition) is 3. The van der Waals surface area contributed by atoms with Gasteiger partial charge in [-0.15, -0.1) is 0 Å². The van der Waals surface area contributed by atoms with E-state index in [-0.39, 0.29) is 12.5 Å². The van der Waals surface area contributed by atoms with Crippen molar-refractivity contribution in [3.63, 3.8) is 0 Å². The van der Waals surface area contributed by atoms with E-state index < -0.39 is 16.9 Å². The second-order valence-electron chi connectivity index (χ2n) is 5.47. The van der Waals surface area contributed by atoms with Gasteiger partial charge in [0.05, 0.1) is 5.41 Å². The van der Waals surface area contributed by atoms with Crippen molar-refractivity contribution in [3.8, 4) is 0 Å². The third-order valence-electron chi connectivity index (χ3n) is 3.25. The lowest BCUT2D eigenvalue weighted by atomic mass is 9.74. The largest absolute Gasteiger partial charge is 0.480 e. The van der Waals surface area contributed by atoms with Gasteiger partial charge in [-0.3, -0.25) is 9.59 Å². The van der Waals surface area contributed by atoms with E-state index in [1.54, 1.807) is 27.7 Å². The molecule has 0 radical (unpaired) electrons. The van der Waals surface area contributed by atoms with E-state index in [0.717, 1.165) is 6.42 Å². The summed E-state index contributed by atoms with van der Waals surface area (Å²) in [4.78, 5) is 24.4. The highest BCUT2D eigenvalue weighted by molar-refractivity contribution is 5.86. The molecule has 0 aromatic heterocycles. The maximum atomic E-state index is 12.3. The van der Waals surface area contributed by atoms with Gasteiger partial charge < -0.3 is 15.7 Å². The minimum atomic E-state index is -1.00. The summed E-state index contributed by atoms with van der Waals surface area (Å²) in [5.41, 5.74) is 4.49. The number of carboxylic acids is 1. The molecule has 0 bridgehead atoms. The summed E-state index contributed by atoms with van der Waals surface area (Å²) in [6, 6.07) is 0. The SMILES string of the molecule is CCCN(CC(=O)O)C(=O)C(C)(C)C(C)(C)N. The number of carboxylic acid groups (broad SMARTS) is 1. The summed E-state index contributed by atoms with van der Waals surface area (Å²) in [6.45, 7) is 9.12. The van der Waals surface area contributed by atoms with Crippen LogP contribution in [0.3, 0.4) is 0 Å². The highest BCUT2D eigenvalue weighted by Gasteiger charge is 2.42. The van der Waals surface area contributed by atoms with Gasteiger partial charge in [-0.1, -0.05) is 6.92 Å². The van der Waals surface area contributed by atoms with Gasteiger partial charge >= 0.3 is 5.97 Å². The van der Waals surface area contributed by atoms with Gasteiger partial charge in [0.25, 0.3) is 0 Å². The standard InChI is InChI=1S/C12H24N2O3/c1-6-7-14(8-9(15)16)10(17)11(2,3)12(4,5)13/h6-8,13H2,1-5H3,(H,15,16). The first kappa shape index (κ1) is 15.9. The van der Waals surface area contributed by atoms with Gasteiger partial charge in [-0.2, -0.15) is 0 Å². The first-order valence-electron chi connectivity index (χ1n) is 5.84. The van der Waals surface area contributed by atoms with E-state index in [9.17, 15) is 9.59 Å². The molecule has 0 saturated heterocycles. The van der Waals surface area contributed by atoms with Crippen molar-refractivity contribution >= 4 is 11.9 Å². The maximum Gasteiger partial charge on any atom is 0.323 e. The quantitative estimate of drug-likeness (QED) is 0.732. The molecule has 0 aliphatic carbocycles. The van der Waals surface area contributed by atoms with E-state index in [1.807, 2.05) is 6.92 Å². The number of amides is 1. The van der Waals surface area contributed by atoms with Gasteiger partial charge in [0.2, 0.25) is 5.91 Å². The van der Waals surface area contributed by atoms with Crippen LogP contribution in [0.25, 0.3) is 0 Å².